The lowest BCUT2D eigenvalue weighted by Gasteiger charge is -2.03. The van der Waals surface area contributed by atoms with Crippen molar-refractivity contribution < 1.29 is 19.2 Å². The first-order valence-corrected chi connectivity index (χ1v) is 5.64. The smallest absolute Gasteiger partial charge is 0.315 e. The summed E-state index contributed by atoms with van der Waals surface area (Å²) in [7, 11) is 1.18. The number of nitro groups is 1. The summed E-state index contributed by atoms with van der Waals surface area (Å²) >= 11 is 0. The number of non-ortho nitro benzene ring substituents is 1. The Morgan fingerprint density at radius 1 is 1.26 bits per heavy atom. The molecule has 7 heteroatoms. The minimum atomic E-state index is -0.649. The fourth-order valence-corrected chi connectivity index (χ4v) is 1.07. The molecular weight excluding hydrogens is 252 g/mol. The zero-order valence-electron chi connectivity index (χ0n) is 11.0. The van der Waals surface area contributed by atoms with E-state index in [1.54, 1.807) is 0 Å². The molecule has 7 nitrogen and oxygen atoms in total. The van der Waals surface area contributed by atoms with Gasteiger partial charge in [-0.2, -0.15) is 0 Å². The summed E-state index contributed by atoms with van der Waals surface area (Å²) in [6.45, 7) is 4.00. The molecule has 0 saturated carbocycles. The molecule has 104 valence electrons. The minimum Gasteiger partial charge on any atom is -0.469 e. The number of ether oxygens (including phenoxy) is 1. The van der Waals surface area contributed by atoms with Gasteiger partial charge in [0.05, 0.1) is 12.0 Å². The van der Waals surface area contributed by atoms with Crippen molar-refractivity contribution >= 4 is 23.3 Å². The molecule has 0 saturated heterocycles. The number of esters is 1. The fourth-order valence-electron chi connectivity index (χ4n) is 1.07. The molecule has 0 atom stereocenters. The molecule has 1 N–H and O–H groups in total. The zero-order chi connectivity index (χ0) is 14.8. The third kappa shape index (κ3) is 6.16. The van der Waals surface area contributed by atoms with Crippen LogP contribution in [-0.2, 0) is 14.3 Å². The lowest BCUT2D eigenvalue weighted by atomic mass is 10.2. The number of benzene rings is 1. The monoisotopic (exact) mass is 268 g/mol. The Labute approximate surface area is 110 Å². The second-order valence-electron chi connectivity index (χ2n) is 3.11. The van der Waals surface area contributed by atoms with Crippen molar-refractivity contribution in [1.82, 2.24) is 0 Å². The van der Waals surface area contributed by atoms with E-state index in [2.05, 4.69) is 10.1 Å². The predicted octanol–water partition coefficient (Wildman–Crippen LogP) is 2.12. The molecule has 19 heavy (non-hydrogen) atoms. The molecule has 0 fully saturated rings. The van der Waals surface area contributed by atoms with Gasteiger partial charge < -0.3 is 10.1 Å². The molecule has 0 bridgehead atoms. The first kappa shape index (κ1) is 16.6. The molecule has 0 aromatic heterocycles. The highest BCUT2D eigenvalue weighted by molar-refractivity contribution is 6.01. The Hall–Kier alpha value is -2.44. The average Bonchev–Trinajstić information content (AvgIpc) is 2.41. The van der Waals surface area contributed by atoms with Gasteiger partial charge in [-0.15, -0.1) is 0 Å². The number of hydrogen-bond acceptors (Lipinski definition) is 5. The van der Waals surface area contributed by atoms with Crippen LogP contribution in [0.3, 0.4) is 0 Å². The quantitative estimate of drug-likeness (QED) is 0.390. The number of hydrogen-bond donors (Lipinski definition) is 1. The Balaban J connectivity index is 0.00000154. The van der Waals surface area contributed by atoms with Crippen molar-refractivity contribution in [2.45, 2.75) is 20.3 Å². The van der Waals surface area contributed by atoms with Crippen LogP contribution in [0, 0.1) is 10.1 Å². The third-order valence-corrected chi connectivity index (χ3v) is 1.89. The lowest BCUT2D eigenvalue weighted by molar-refractivity contribution is -0.384. The largest absolute Gasteiger partial charge is 0.469 e. The highest BCUT2D eigenvalue weighted by Crippen LogP contribution is 2.15. The Bertz CT molecular complexity index is 442. The van der Waals surface area contributed by atoms with Crippen LogP contribution in [0.15, 0.2) is 24.3 Å². The van der Waals surface area contributed by atoms with E-state index in [9.17, 15) is 19.7 Å². The highest BCUT2D eigenvalue weighted by atomic mass is 16.6. The first-order chi connectivity index (χ1) is 9.02. The fraction of sp³-hybridized carbons (Fsp3) is 0.333. The van der Waals surface area contributed by atoms with Crippen molar-refractivity contribution in [2.24, 2.45) is 0 Å². The van der Waals surface area contributed by atoms with Crippen LogP contribution in [0.4, 0.5) is 11.4 Å². The van der Waals surface area contributed by atoms with Crippen molar-refractivity contribution in [1.29, 1.82) is 0 Å². The van der Waals surface area contributed by atoms with E-state index in [0.29, 0.717) is 5.69 Å². The van der Waals surface area contributed by atoms with E-state index in [1.165, 1.54) is 31.4 Å². The summed E-state index contributed by atoms with van der Waals surface area (Å²) in [5.74, 6) is -1.19. The summed E-state index contributed by atoms with van der Waals surface area (Å²) in [5.41, 5.74) is 0.306. The predicted molar refractivity (Wildman–Crippen MR) is 69.7 cm³/mol. The van der Waals surface area contributed by atoms with Crippen LogP contribution in [-0.4, -0.2) is 23.9 Å². The van der Waals surface area contributed by atoms with Crippen LogP contribution >= 0.6 is 0 Å². The van der Waals surface area contributed by atoms with Gasteiger partial charge in [-0.05, 0) is 12.1 Å². The van der Waals surface area contributed by atoms with Crippen molar-refractivity contribution in [3.8, 4) is 0 Å². The van der Waals surface area contributed by atoms with Crippen LogP contribution in [0.25, 0.3) is 0 Å². The molecule has 0 aliphatic rings. The topological polar surface area (TPSA) is 98.5 Å². The average molecular weight is 268 g/mol. The van der Waals surface area contributed by atoms with Gasteiger partial charge >= 0.3 is 5.97 Å². The van der Waals surface area contributed by atoms with Gasteiger partial charge in [0.2, 0.25) is 5.91 Å². The van der Waals surface area contributed by atoms with Gasteiger partial charge in [0, 0.05) is 17.8 Å². The zero-order valence-corrected chi connectivity index (χ0v) is 11.0. The summed E-state index contributed by atoms with van der Waals surface area (Å²) in [4.78, 5) is 31.9. The van der Waals surface area contributed by atoms with Gasteiger partial charge in [0.1, 0.15) is 6.42 Å². The number of nitrogens with one attached hydrogen (secondary N) is 1. The molecule has 1 aromatic rings. The van der Waals surface area contributed by atoms with Gasteiger partial charge in [-0.25, -0.2) is 0 Å². The maximum absolute atomic E-state index is 11.3. The maximum atomic E-state index is 11.3. The maximum Gasteiger partial charge on any atom is 0.315 e. The highest BCUT2D eigenvalue weighted by Gasteiger charge is 2.10. The van der Waals surface area contributed by atoms with Crippen LogP contribution < -0.4 is 5.32 Å². The Morgan fingerprint density at radius 3 is 2.21 bits per heavy atom. The third-order valence-electron chi connectivity index (χ3n) is 1.89. The Morgan fingerprint density at radius 2 is 1.79 bits per heavy atom. The molecular formula is C12H16N2O5. The Kier molecular flexibility index (Phi) is 7.51. The molecule has 0 radical (unpaired) electrons. The van der Waals surface area contributed by atoms with Crippen molar-refractivity contribution in [2.75, 3.05) is 12.4 Å². The van der Waals surface area contributed by atoms with Gasteiger partial charge in [0.25, 0.3) is 5.69 Å². The molecule has 0 aliphatic carbocycles. The van der Waals surface area contributed by atoms with Crippen molar-refractivity contribution in [3.63, 3.8) is 0 Å². The number of methoxy groups -OCH3 is 1. The van der Waals surface area contributed by atoms with Gasteiger partial charge in [-0.3, -0.25) is 19.7 Å². The van der Waals surface area contributed by atoms with Crippen LogP contribution in [0.5, 0.6) is 0 Å². The minimum absolute atomic E-state index is 0.0732. The first-order valence-electron chi connectivity index (χ1n) is 5.64. The van der Waals surface area contributed by atoms with E-state index in [1.807, 2.05) is 13.8 Å². The van der Waals surface area contributed by atoms with E-state index in [-0.39, 0.29) is 5.69 Å². The second-order valence-corrected chi connectivity index (χ2v) is 3.11. The molecule has 1 aromatic carbocycles. The molecule has 0 aliphatic heterocycles. The number of amides is 1. The number of nitro benzene ring substituents is 1. The molecule has 1 amide bonds. The number of anilines is 1. The lowest BCUT2D eigenvalue weighted by Crippen LogP contribution is -2.17. The number of carbonyl (C=O) groups excluding carboxylic acids is 2. The van der Waals surface area contributed by atoms with Gasteiger partial charge in [0.15, 0.2) is 0 Å². The second kappa shape index (κ2) is 8.62. The van der Waals surface area contributed by atoms with Crippen LogP contribution in [0.1, 0.15) is 20.3 Å². The number of carbonyl (C=O) groups is 2. The molecule has 0 unspecified atom stereocenters. The van der Waals surface area contributed by atoms with E-state index < -0.39 is 23.2 Å². The van der Waals surface area contributed by atoms with E-state index in [4.69, 9.17) is 0 Å². The number of rotatable bonds is 4. The normalized spacial score (nSPS) is 8.79. The van der Waals surface area contributed by atoms with E-state index in [0.717, 1.165) is 0 Å². The summed E-state index contributed by atoms with van der Waals surface area (Å²) in [6, 6.07) is 5.28. The summed E-state index contributed by atoms with van der Waals surface area (Å²) < 4.78 is 4.32. The standard InChI is InChI=1S/C10H10N2O5.C2H6/c1-17-10(14)6-9(13)11-7-2-4-8(5-3-7)12(15)16;1-2/h2-5H,6H2,1H3,(H,11,13);1-2H3. The van der Waals surface area contributed by atoms with Gasteiger partial charge in [-0.1, -0.05) is 13.8 Å². The van der Waals surface area contributed by atoms with E-state index >= 15 is 0 Å². The number of nitrogens with zero attached hydrogens (tertiary/aromatic N) is 1. The summed E-state index contributed by atoms with van der Waals surface area (Å²) in [5, 5.41) is 12.8. The van der Waals surface area contributed by atoms with Crippen LogP contribution in [0.2, 0.25) is 0 Å². The molecule has 0 heterocycles. The summed E-state index contributed by atoms with van der Waals surface area (Å²) in [6.07, 6.45) is -0.395. The molecule has 0 spiro atoms. The molecule has 1 rings (SSSR count). The van der Waals surface area contributed by atoms with Crippen molar-refractivity contribution in [3.05, 3.63) is 34.4 Å². The SMILES string of the molecule is CC.COC(=O)CC(=O)Nc1ccc([N+](=O)[O-])cc1.